The van der Waals surface area contributed by atoms with E-state index in [0.29, 0.717) is 10.7 Å². The molecule has 2 N–H and O–H groups in total. The number of thiazole rings is 1. The summed E-state index contributed by atoms with van der Waals surface area (Å²) in [7, 11) is -3.73. The molecule has 0 aliphatic heterocycles. The SMILES string of the molecule is Cc1cccc(CC2(NC(=O)c3ccc(S(=O)(=O)Nc4nccs4)cc3)CC2)c1. The smallest absolute Gasteiger partial charge is 0.263 e. The molecule has 150 valence electrons. The minimum absolute atomic E-state index is 0.0881. The minimum Gasteiger partial charge on any atom is -0.346 e. The van der Waals surface area contributed by atoms with E-state index in [4.69, 9.17) is 0 Å². The number of hydrogen-bond donors (Lipinski definition) is 2. The number of carbonyl (C=O) groups excluding carboxylic acids is 1. The fraction of sp³-hybridized carbons (Fsp3) is 0.238. The normalized spacial score (nSPS) is 14.9. The van der Waals surface area contributed by atoms with Crippen LogP contribution in [0.4, 0.5) is 5.13 Å². The number of nitrogens with zero attached hydrogens (tertiary/aromatic N) is 1. The van der Waals surface area contributed by atoms with Crippen molar-refractivity contribution in [2.75, 3.05) is 4.72 Å². The lowest BCUT2D eigenvalue weighted by Crippen LogP contribution is -2.38. The van der Waals surface area contributed by atoms with Crippen LogP contribution in [-0.4, -0.2) is 24.8 Å². The van der Waals surface area contributed by atoms with Crippen molar-refractivity contribution in [2.45, 2.75) is 36.6 Å². The standard InChI is InChI=1S/C21H21N3O3S2/c1-15-3-2-4-16(13-15)14-21(9-10-21)23-19(25)17-5-7-18(8-6-17)29(26,27)24-20-22-11-12-28-20/h2-8,11-13H,9-10,14H2,1H3,(H,22,24)(H,23,25). The lowest BCUT2D eigenvalue weighted by atomic mass is 10.0. The van der Waals surface area contributed by atoms with Crippen LogP contribution in [-0.2, 0) is 16.4 Å². The van der Waals surface area contributed by atoms with Gasteiger partial charge in [-0.05, 0) is 56.0 Å². The molecule has 0 saturated heterocycles. The van der Waals surface area contributed by atoms with E-state index in [2.05, 4.69) is 40.1 Å². The number of rotatable bonds is 7. The van der Waals surface area contributed by atoms with Crippen LogP contribution in [0.2, 0.25) is 0 Å². The van der Waals surface area contributed by atoms with Crippen LogP contribution >= 0.6 is 11.3 Å². The second-order valence-electron chi connectivity index (χ2n) is 7.37. The Balaban J connectivity index is 1.43. The average molecular weight is 428 g/mol. The molecule has 0 spiro atoms. The van der Waals surface area contributed by atoms with E-state index in [-0.39, 0.29) is 16.3 Å². The van der Waals surface area contributed by atoms with Crippen molar-refractivity contribution in [1.82, 2.24) is 10.3 Å². The van der Waals surface area contributed by atoms with Gasteiger partial charge in [-0.15, -0.1) is 11.3 Å². The molecule has 6 nitrogen and oxygen atoms in total. The molecule has 1 amide bonds. The molecule has 8 heteroatoms. The largest absolute Gasteiger partial charge is 0.346 e. The zero-order chi connectivity index (χ0) is 20.5. The van der Waals surface area contributed by atoms with Crippen LogP contribution in [0.15, 0.2) is 65.0 Å². The first-order valence-electron chi connectivity index (χ1n) is 9.26. The average Bonchev–Trinajstić information content (AvgIpc) is 3.22. The highest BCUT2D eigenvalue weighted by Gasteiger charge is 2.44. The molecular weight excluding hydrogens is 406 g/mol. The molecule has 1 fully saturated rings. The van der Waals surface area contributed by atoms with Crippen molar-refractivity contribution in [3.8, 4) is 0 Å². The van der Waals surface area contributed by atoms with Crippen LogP contribution in [0.25, 0.3) is 0 Å². The summed E-state index contributed by atoms with van der Waals surface area (Å²) in [6.45, 7) is 2.06. The highest BCUT2D eigenvalue weighted by Crippen LogP contribution is 2.39. The molecule has 1 aromatic heterocycles. The van der Waals surface area contributed by atoms with Gasteiger partial charge >= 0.3 is 0 Å². The third-order valence-corrected chi connectivity index (χ3v) is 7.11. The fourth-order valence-corrected chi connectivity index (χ4v) is 5.04. The maximum Gasteiger partial charge on any atom is 0.263 e. The highest BCUT2D eigenvalue weighted by molar-refractivity contribution is 7.93. The number of benzene rings is 2. The van der Waals surface area contributed by atoms with Gasteiger partial charge in [0.25, 0.3) is 15.9 Å². The Bertz CT molecular complexity index is 1120. The number of anilines is 1. The van der Waals surface area contributed by atoms with Crippen molar-refractivity contribution in [2.24, 2.45) is 0 Å². The molecule has 0 radical (unpaired) electrons. The van der Waals surface area contributed by atoms with Crippen molar-refractivity contribution in [3.63, 3.8) is 0 Å². The molecule has 3 aromatic rings. The van der Waals surface area contributed by atoms with E-state index in [9.17, 15) is 13.2 Å². The summed E-state index contributed by atoms with van der Waals surface area (Å²) in [5.74, 6) is -0.188. The molecule has 1 heterocycles. The van der Waals surface area contributed by atoms with Gasteiger partial charge < -0.3 is 5.32 Å². The first-order chi connectivity index (χ1) is 13.9. The first-order valence-corrected chi connectivity index (χ1v) is 11.6. The van der Waals surface area contributed by atoms with Gasteiger partial charge in [0.1, 0.15) is 0 Å². The van der Waals surface area contributed by atoms with E-state index in [1.165, 1.54) is 52.9 Å². The third kappa shape index (κ3) is 4.65. The summed E-state index contributed by atoms with van der Waals surface area (Å²) in [6, 6.07) is 14.2. The monoisotopic (exact) mass is 427 g/mol. The molecule has 0 bridgehead atoms. The van der Waals surface area contributed by atoms with Crippen LogP contribution in [0, 0.1) is 6.92 Å². The molecule has 0 atom stereocenters. The summed E-state index contributed by atoms with van der Waals surface area (Å²) in [4.78, 5) is 16.7. The number of hydrogen-bond acceptors (Lipinski definition) is 5. The third-order valence-electron chi connectivity index (χ3n) is 4.94. The molecule has 29 heavy (non-hydrogen) atoms. The summed E-state index contributed by atoms with van der Waals surface area (Å²) in [5, 5.41) is 5.13. The van der Waals surface area contributed by atoms with E-state index in [1.807, 2.05) is 6.07 Å². The van der Waals surface area contributed by atoms with Crippen LogP contribution in [0.5, 0.6) is 0 Å². The van der Waals surface area contributed by atoms with E-state index < -0.39 is 10.0 Å². The number of aryl methyl sites for hydroxylation is 1. The topological polar surface area (TPSA) is 88.2 Å². The number of amides is 1. The molecule has 1 saturated carbocycles. The molecule has 2 aromatic carbocycles. The number of aromatic nitrogens is 1. The van der Waals surface area contributed by atoms with E-state index in [0.717, 1.165) is 19.3 Å². The van der Waals surface area contributed by atoms with E-state index >= 15 is 0 Å². The summed E-state index contributed by atoms with van der Waals surface area (Å²) >= 11 is 1.20. The highest BCUT2D eigenvalue weighted by atomic mass is 32.2. The van der Waals surface area contributed by atoms with Crippen LogP contribution < -0.4 is 10.0 Å². The summed E-state index contributed by atoms with van der Waals surface area (Å²) in [5.41, 5.74) is 2.64. The Morgan fingerprint density at radius 1 is 1.17 bits per heavy atom. The summed E-state index contributed by atoms with van der Waals surface area (Å²) < 4.78 is 27.2. The number of nitrogens with one attached hydrogen (secondary N) is 2. The lowest BCUT2D eigenvalue weighted by Gasteiger charge is -2.18. The zero-order valence-electron chi connectivity index (χ0n) is 15.9. The van der Waals surface area contributed by atoms with Crippen molar-refractivity contribution in [3.05, 3.63) is 76.8 Å². The molecular formula is C21H21N3O3S2. The predicted octanol–water partition coefficient (Wildman–Crippen LogP) is 3.76. The van der Waals surface area contributed by atoms with Gasteiger partial charge in [-0.1, -0.05) is 29.8 Å². The Kier molecular flexibility index (Phi) is 5.14. The van der Waals surface area contributed by atoms with Gasteiger partial charge in [-0.2, -0.15) is 0 Å². The lowest BCUT2D eigenvalue weighted by molar-refractivity contribution is 0.0931. The number of sulfonamides is 1. The van der Waals surface area contributed by atoms with Gasteiger partial charge in [-0.3, -0.25) is 9.52 Å². The zero-order valence-corrected chi connectivity index (χ0v) is 17.5. The molecule has 0 unspecified atom stereocenters. The van der Waals surface area contributed by atoms with Gasteiger partial charge in [0.2, 0.25) is 0 Å². The Labute approximate surface area is 174 Å². The second-order valence-corrected chi connectivity index (χ2v) is 9.94. The Morgan fingerprint density at radius 3 is 2.55 bits per heavy atom. The Morgan fingerprint density at radius 2 is 1.93 bits per heavy atom. The van der Waals surface area contributed by atoms with Crippen LogP contribution in [0.3, 0.4) is 0 Å². The minimum atomic E-state index is -3.73. The number of carbonyl (C=O) groups is 1. The van der Waals surface area contributed by atoms with Crippen molar-refractivity contribution >= 4 is 32.4 Å². The molecule has 1 aliphatic rings. The second kappa shape index (κ2) is 7.61. The Hall–Kier alpha value is -2.71. The van der Waals surface area contributed by atoms with Gasteiger partial charge in [0.15, 0.2) is 5.13 Å². The molecule has 4 rings (SSSR count). The van der Waals surface area contributed by atoms with E-state index in [1.54, 1.807) is 5.38 Å². The summed E-state index contributed by atoms with van der Waals surface area (Å²) in [6.07, 6.45) is 4.21. The van der Waals surface area contributed by atoms with Gasteiger partial charge in [0, 0.05) is 22.7 Å². The molecule has 1 aliphatic carbocycles. The van der Waals surface area contributed by atoms with Gasteiger partial charge in [-0.25, -0.2) is 13.4 Å². The predicted molar refractivity (Wildman–Crippen MR) is 114 cm³/mol. The van der Waals surface area contributed by atoms with Crippen molar-refractivity contribution < 1.29 is 13.2 Å². The fourth-order valence-electron chi connectivity index (χ4n) is 3.26. The first kappa shape index (κ1) is 19.6. The van der Waals surface area contributed by atoms with Crippen LogP contribution in [0.1, 0.15) is 34.3 Å². The van der Waals surface area contributed by atoms with Crippen molar-refractivity contribution in [1.29, 1.82) is 0 Å². The maximum atomic E-state index is 12.7. The van der Waals surface area contributed by atoms with Gasteiger partial charge in [0.05, 0.1) is 4.90 Å². The quantitative estimate of drug-likeness (QED) is 0.601. The maximum absolute atomic E-state index is 12.7.